The molecule has 4 heteroatoms. The predicted octanol–water partition coefficient (Wildman–Crippen LogP) is 2.66. The lowest BCUT2D eigenvalue weighted by atomic mass is 10.2. The average molecular weight is 236 g/mol. The molecular weight excluding hydrogens is 222 g/mol. The van der Waals surface area contributed by atoms with Gasteiger partial charge in [0.25, 0.3) is 0 Å². The van der Waals surface area contributed by atoms with Gasteiger partial charge in [0.05, 0.1) is 12.0 Å². The number of hydrogen-bond acceptors (Lipinski definition) is 2. The maximum Gasteiger partial charge on any atom is 0.0925 e. The van der Waals surface area contributed by atoms with Crippen LogP contribution < -0.4 is 5.32 Å². The number of aryl methyl sites for hydroxylation is 1. The van der Waals surface area contributed by atoms with Crippen LogP contribution >= 0.6 is 11.6 Å². The van der Waals surface area contributed by atoms with Crippen LogP contribution in [0.5, 0.6) is 0 Å². The van der Waals surface area contributed by atoms with Crippen LogP contribution in [0.25, 0.3) is 0 Å². The molecular formula is C12H14ClN3. The van der Waals surface area contributed by atoms with Crippen LogP contribution in [-0.4, -0.2) is 9.97 Å². The standard InChI is InChI=1S/C12H14ClN3/c1-9-12(16-8-15-9)7-14-6-10-3-2-4-11(13)5-10/h2-5,8,14H,6-7H2,1H3,(H,15,16). The molecule has 0 saturated heterocycles. The van der Waals surface area contributed by atoms with Gasteiger partial charge in [0, 0.05) is 23.8 Å². The summed E-state index contributed by atoms with van der Waals surface area (Å²) in [4.78, 5) is 7.27. The minimum atomic E-state index is 0.766. The fourth-order valence-corrected chi connectivity index (χ4v) is 1.75. The van der Waals surface area contributed by atoms with Crippen LogP contribution in [0.15, 0.2) is 30.6 Å². The van der Waals surface area contributed by atoms with Gasteiger partial charge in [-0.2, -0.15) is 0 Å². The predicted molar refractivity (Wildman–Crippen MR) is 65.3 cm³/mol. The van der Waals surface area contributed by atoms with Crippen LogP contribution in [0, 0.1) is 6.92 Å². The lowest BCUT2D eigenvalue weighted by molar-refractivity contribution is 0.679. The molecule has 2 aromatic rings. The molecule has 1 heterocycles. The third-order valence-electron chi connectivity index (χ3n) is 2.44. The third kappa shape index (κ3) is 2.84. The maximum absolute atomic E-state index is 5.90. The average Bonchev–Trinajstić information content (AvgIpc) is 2.65. The first-order valence-corrected chi connectivity index (χ1v) is 5.57. The summed E-state index contributed by atoms with van der Waals surface area (Å²) in [6, 6.07) is 7.85. The fourth-order valence-electron chi connectivity index (χ4n) is 1.54. The number of aromatic amines is 1. The van der Waals surface area contributed by atoms with E-state index in [1.807, 2.05) is 25.1 Å². The van der Waals surface area contributed by atoms with Crippen LogP contribution in [0.1, 0.15) is 17.0 Å². The molecule has 0 spiro atoms. The third-order valence-corrected chi connectivity index (χ3v) is 2.68. The number of nitrogens with zero attached hydrogens (tertiary/aromatic N) is 1. The summed E-state index contributed by atoms with van der Waals surface area (Å²) in [6.45, 7) is 3.58. The lowest BCUT2D eigenvalue weighted by Crippen LogP contribution is -2.13. The first-order valence-electron chi connectivity index (χ1n) is 5.20. The molecule has 1 aromatic carbocycles. The summed E-state index contributed by atoms with van der Waals surface area (Å²) in [5, 5.41) is 4.10. The number of aromatic nitrogens is 2. The fraction of sp³-hybridized carbons (Fsp3) is 0.250. The van der Waals surface area contributed by atoms with E-state index in [1.54, 1.807) is 6.33 Å². The topological polar surface area (TPSA) is 40.7 Å². The molecule has 2 N–H and O–H groups in total. The highest BCUT2D eigenvalue weighted by Crippen LogP contribution is 2.10. The highest BCUT2D eigenvalue weighted by atomic mass is 35.5. The molecule has 2 rings (SSSR count). The summed E-state index contributed by atoms with van der Waals surface area (Å²) in [6.07, 6.45) is 1.71. The Labute approximate surface area is 99.9 Å². The number of imidazole rings is 1. The first kappa shape index (κ1) is 11.2. The molecule has 0 bridgehead atoms. The molecule has 0 atom stereocenters. The lowest BCUT2D eigenvalue weighted by Gasteiger charge is -2.04. The van der Waals surface area contributed by atoms with Crippen molar-refractivity contribution in [3.8, 4) is 0 Å². The Morgan fingerprint density at radius 3 is 2.94 bits per heavy atom. The zero-order valence-corrected chi connectivity index (χ0v) is 9.88. The molecule has 0 unspecified atom stereocenters. The first-order chi connectivity index (χ1) is 7.75. The quantitative estimate of drug-likeness (QED) is 0.856. The molecule has 1 aromatic heterocycles. The van der Waals surface area contributed by atoms with E-state index in [1.165, 1.54) is 5.56 Å². The van der Waals surface area contributed by atoms with Crippen molar-refractivity contribution in [2.45, 2.75) is 20.0 Å². The normalized spacial score (nSPS) is 10.6. The highest BCUT2D eigenvalue weighted by molar-refractivity contribution is 6.30. The molecule has 84 valence electrons. The van der Waals surface area contributed by atoms with E-state index < -0.39 is 0 Å². The molecule has 3 nitrogen and oxygen atoms in total. The smallest absolute Gasteiger partial charge is 0.0925 e. The second-order valence-corrected chi connectivity index (χ2v) is 4.14. The number of rotatable bonds is 4. The minimum absolute atomic E-state index is 0.766. The Morgan fingerprint density at radius 2 is 2.25 bits per heavy atom. The zero-order valence-electron chi connectivity index (χ0n) is 9.13. The highest BCUT2D eigenvalue weighted by Gasteiger charge is 2.00. The molecule has 0 amide bonds. The summed E-state index contributed by atoms with van der Waals surface area (Å²) in [5.41, 5.74) is 3.35. The van der Waals surface area contributed by atoms with E-state index in [0.29, 0.717) is 0 Å². The Morgan fingerprint density at radius 1 is 1.38 bits per heavy atom. The van der Waals surface area contributed by atoms with Crippen molar-refractivity contribution >= 4 is 11.6 Å². The summed E-state index contributed by atoms with van der Waals surface area (Å²) in [7, 11) is 0. The molecule has 0 aliphatic heterocycles. The van der Waals surface area contributed by atoms with E-state index in [0.717, 1.165) is 29.5 Å². The second-order valence-electron chi connectivity index (χ2n) is 3.71. The molecule has 0 fully saturated rings. The van der Waals surface area contributed by atoms with Crippen molar-refractivity contribution in [3.05, 3.63) is 52.6 Å². The van der Waals surface area contributed by atoms with Gasteiger partial charge >= 0.3 is 0 Å². The Hall–Kier alpha value is -1.32. The Bertz CT molecular complexity index is 465. The number of halogens is 1. The van der Waals surface area contributed by atoms with Crippen LogP contribution in [0.3, 0.4) is 0 Å². The SMILES string of the molecule is Cc1[nH]cnc1CNCc1cccc(Cl)c1. The number of hydrogen-bond donors (Lipinski definition) is 2. The van der Waals surface area contributed by atoms with Crippen molar-refractivity contribution in [1.82, 2.24) is 15.3 Å². The van der Waals surface area contributed by atoms with Gasteiger partial charge in [-0.05, 0) is 24.6 Å². The van der Waals surface area contributed by atoms with Crippen LogP contribution in [0.4, 0.5) is 0 Å². The maximum atomic E-state index is 5.90. The number of benzene rings is 1. The van der Waals surface area contributed by atoms with Gasteiger partial charge in [0.2, 0.25) is 0 Å². The van der Waals surface area contributed by atoms with Gasteiger partial charge in [0.15, 0.2) is 0 Å². The molecule has 0 radical (unpaired) electrons. The summed E-state index contributed by atoms with van der Waals surface area (Å²) < 4.78 is 0. The van der Waals surface area contributed by atoms with Crippen LogP contribution in [-0.2, 0) is 13.1 Å². The van der Waals surface area contributed by atoms with Gasteiger partial charge in [-0.15, -0.1) is 0 Å². The zero-order chi connectivity index (χ0) is 11.4. The van der Waals surface area contributed by atoms with E-state index in [2.05, 4.69) is 21.4 Å². The second kappa shape index (κ2) is 5.14. The molecule has 0 saturated carbocycles. The Balaban J connectivity index is 1.87. The number of H-pyrrole nitrogens is 1. The monoisotopic (exact) mass is 235 g/mol. The van der Waals surface area contributed by atoms with E-state index >= 15 is 0 Å². The van der Waals surface area contributed by atoms with Crippen LogP contribution in [0.2, 0.25) is 5.02 Å². The summed E-state index contributed by atoms with van der Waals surface area (Å²) >= 11 is 5.90. The van der Waals surface area contributed by atoms with Crippen molar-refractivity contribution in [3.63, 3.8) is 0 Å². The van der Waals surface area contributed by atoms with E-state index in [9.17, 15) is 0 Å². The largest absolute Gasteiger partial charge is 0.348 e. The number of nitrogens with one attached hydrogen (secondary N) is 2. The van der Waals surface area contributed by atoms with Gasteiger partial charge in [0.1, 0.15) is 0 Å². The van der Waals surface area contributed by atoms with Crippen molar-refractivity contribution in [2.75, 3.05) is 0 Å². The van der Waals surface area contributed by atoms with Gasteiger partial charge in [-0.1, -0.05) is 23.7 Å². The van der Waals surface area contributed by atoms with Crippen molar-refractivity contribution in [2.24, 2.45) is 0 Å². The van der Waals surface area contributed by atoms with Gasteiger partial charge in [-0.3, -0.25) is 0 Å². The van der Waals surface area contributed by atoms with Gasteiger partial charge in [-0.25, -0.2) is 4.98 Å². The molecule has 0 aliphatic carbocycles. The van der Waals surface area contributed by atoms with E-state index in [-0.39, 0.29) is 0 Å². The van der Waals surface area contributed by atoms with Crippen molar-refractivity contribution < 1.29 is 0 Å². The molecule has 16 heavy (non-hydrogen) atoms. The van der Waals surface area contributed by atoms with Crippen molar-refractivity contribution in [1.29, 1.82) is 0 Å². The van der Waals surface area contributed by atoms with Gasteiger partial charge < -0.3 is 10.3 Å². The summed E-state index contributed by atoms with van der Waals surface area (Å²) in [5.74, 6) is 0. The molecule has 0 aliphatic rings. The van der Waals surface area contributed by atoms with E-state index in [4.69, 9.17) is 11.6 Å². The minimum Gasteiger partial charge on any atom is -0.348 e. The Kier molecular flexibility index (Phi) is 3.59.